The van der Waals surface area contributed by atoms with Crippen LogP contribution in [-0.4, -0.2) is 85.1 Å². The number of piperazine rings is 1. The van der Waals surface area contributed by atoms with Crippen LogP contribution in [0.25, 0.3) is 10.9 Å². The molecule has 0 spiro atoms. The van der Waals surface area contributed by atoms with Crippen molar-refractivity contribution in [2.45, 2.75) is 31.3 Å². The summed E-state index contributed by atoms with van der Waals surface area (Å²) in [6.45, 7) is 4.42. The number of amides is 1. The number of piperidine rings is 1. The third-order valence-corrected chi connectivity index (χ3v) is 9.29. The van der Waals surface area contributed by atoms with Crippen molar-refractivity contribution >= 4 is 56.4 Å². The highest BCUT2D eigenvalue weighted by atomic mass is 35.5. The third-order valence-electron chi connectivity index (χ3n) is 7.29. The maximum Gasteiger partial charge on any atom is 0.309 e. The third kappa shape index (κ3) is 6.32. The first-order valence-corrected chi connectivity index (χ1v) is 15.1. The summed E-state index contributed by atoms with van der Waals surface area (Å²) in [7, 11) is -3.85. The molecule has 1 N–H and O–H groups in total. The Morgan fingerprint density at radius 2 is 1.85 bits per heavy atom. The summed E-state index contributed by atoms with van der Waals surface area (Å²) >= 11 is 6.02. The fourth-order valence-corrected chi connectivity index (χ4v) is 6.56. The van der Waals surface area contributed by atoms with E-state index in [1.165, 1.54) is 4.31 Å². The van der Waals surface area contributed by atoms with E-state index in [9.17, 15) is 18.0 Å². The lowest BCUT2D eigenvalue weighted by atomic mass is 9.97. The van der Waals surface area contributed by atoms with Crippen molar-refractivity contribution in [1.82, 2.24) is 19.1 Å². The van der Waals surface area contributed by atoms with Crippen molar-refractivity contribution in [1.29, 1.82) is 0 Å². The molecule has 40 heavy (non-hydrogen) atoms. The molecule has 2 saturated heterocycles. The van der Waals surface area contributed by atoms with Crippen LogP contribution in [0, 0.1) is 5.92 Å². The molecular formula is C28H32ClN5O5S. The van der Waals surface area contributed by atoms with Crippen LogP contribution >= 0.6 is 11.6 Å². The highest BCUT2D eigenvalue weighted by molar-refractivity contribution is 7.89. The summed E-state index contributed by atoms with van der Waals surface area (Å²) in [5.74, 6) is -0.403. The second-order valence-corrected chi connectivity index (χ2v) is 12.3. The van der Waals surface area contributed by atoms with Crippen LogP contribution in [0.5, 0.6) is 0 Å². The Bertz CT molecular complexity index is 1510. The van der Waals surface area contributed by atoms with Gasteiger partial charge in [-0.2, -0.15) is 4.31 Å². The van der Waals surface area contributed by atoms with Gasteiger partial charge in [-0.1, -0.05) is 23.7 Å². The second-order valence-electron chi connectivity index (χ2n) is 9.99. The molecule has 1 aromatic heterocycles. The summed E-state index contributed by atoms with van der Waals surface area (Å²) in [5.41, 5.74) is 2.39. The molecule has 10 nitrogen and oxygen atoms in total. The van der Waals surface area contributed by atoms with E-state index < -0.39 is 10.0 Å². The Hall–Kier alpha value is -3.41. The predicted octanol–water partition coefficient (Wildman–Crippen LogP) is 3.79. The number of sulfonamides is 1. The van der Waals surface area contributed by atoms with Gasteiger partial charge in [0.05, 0.1) is 31.1 Å². The molecule has 0 bridgehead atoms. The molecule has 3 heterocycles. The fourth-order valence-electron chi connectivity index (χ4n) is 4.98. The number of benzene rings is 2. The largest absolute Gasteiger partial charge is 0.466 e. The molecule has 2 fully saturated rings. The van der Waals surface area contributed by atoms with Gasteiger partial charge < -0.3 is 19.5 Å². The zero-order chi connectivity index (χ0) is 28.3. The molecule has 0 atom stereocenters. The van der Waals surface area contributed by atoms with Crippen LogP contribution < -0.4 is 0 Å². The van der Waals surface area contributed by atoms with Crippen molar-refractivity contribution in [3.05, 3.63) is 59.1 Å². The highest BCUT2D eigenvalue weighted by Crippen LogP contribution is 2.26. The zero-order valence-electron chi connectivity index (χ0n) is 22.3. The van der Waals surface area contributed by atoms with Gasteiger partial charge in [-0.3, -0.25) is 9.59 Å². The number of likely N-dealkylation sites (tertiary alicyclic amines) is 1. The Morgan fingerprint density at radius 3 is 2.55 bits per heavy atom. The number of halogens is 1. The standard InChI is InChI=1S/C28H32ClN5O5S/c1-2-39-28(36)21-9-11-32(12-10-21)19-30-24-6-3-20(4-7-24)17-33-13-14-34(18-27(33)35)40(37,38)26-16-22-15-23(29)5-8-25(22)31-26/h3-8,15-16,19,21,31H,2,9-14,17-18H2,1H3. The molecule has 3 aromatic rings. The fraction of sp³-hybridized carbons (Fsp3) is 0.393. The van der Waals surface area contributed by atoms with Crippen molar-refractivity contribution in [3.63, 3.8) is 0 Å². The maximum absolute atomic E-state index is 13.2. The van der Waals surface area contributed by atoms with E-state index in [0.29, 0.717) is 35.6 Å². The number of carbonyl (C=O) groups is 2. The number of aliphatic imine (C=N–C) groups is 1. The van der Waals surface area contributed by atoms with E-state index in [0.717, 1.165) is 37.2 Å². The smallest absolute Gasteiger partial charge is 0.309 e. The van der Waals surface area contributed by atoms with Crippen LogP contribution in [0.3, 0.4) is 0 Å². The number of hydrogen-bond acceptors (Lipinski definition) is 6. The Morgan fingerprint density at radius 1 is 1.10 bits per heavy atom. The van der Waals surface area contributed by atoms with E-state index in [-0.39, 0.29) is 35.9 Å². The van der Waals surface area contributed by atoms with Gasteiger partial charge >= 0.3 is 5.97 Å². The Balaban J connectivity index is 1.13. The van der Waals surface area contributed by atoms with Gasteiger partial charge in [-0.15, -0.1) is 0 Å². The molecule has 5 rings (SSSR count). The van der Waals surface area contributed by atoms with Gasteiger partial charge in [0, 0.05) is 48.6 Å². The second kappa shape index (κ2) is 12.0. The molecule has 0 unspecified atom stereocenters. The summed E-state index contributed by atoms with van der Waals surface area (Å²) in [6.07, 6.45) is 3.31. The predicted molar refractivity (Wildman–Crippen MR) is 153 cm³/mol. The molecule has 0 aliphatic carbocycles. The summed E-state index contributed by atoms with van der Waals surface area (Å²) < 4.78 is 32.7. The summed E-state index contributed by atoms with van der Waals surface area (Å²) in [4.78, 5) is 36.0. The lowest BCUT2D eigenvalue weighted by molar-refractivity contribution is -0.149. The first kappa shape index (κ1) is 28.1. The van der Waals surface area contributed by atoms with Gasteiger partial charge in [0.1, 0.15) is 5.03 Å². The zero-order valence-corrected chi connectivity index (χ0v) is 23.8. The number of esters is 1. The number of carbonyl (C=O) groups excluding carboxylic acids is 2. The first-order chi connectivity index (χ1) is 19.2. The van der Waals surface area contributed by atoms with Crippen LogP contribution in [0.1, 0.15) is 25.3 Å². The van der Waals surface area contributed by atoms with Crippen molar-refractivity contribution in [2.75, 3.05) is 39.3 Å². The lowest BCUT2D eigenvalue weighted by Crippen LogP contribution is -2.51. The van der Waals surface area contributed by atoms with Gasteiger partial charge in [0.25, 0.3) is 10.0 Å². The quantitative estimate of drug-likeness (QED) is 0.244. The minimum absolute atomic E-state index is 0.0400. The summed E-state index contributed by atoms with van der Waals surface area (Å²) in [6, 6.07) is 14.3. The minimum Gasteiger partial charge on any atom is -0.466 e. The molecule has 2 aliphatic heterocycles. The van der Waals surface area contributed by atoms with E-state index in [1.54, 1.807) is 35.5 Å². The van der Waals surface area contributed by atoms with E-state index in [1.807, 2.05) is 31.2 Å². The van der Waals surface area contributed by atoms with Gasteiger partial charge in [-0.25, -0.2) is 13.4 Å². The van der Waals surface area contributed by atoms with Gasteiger partial charge in [0.2, 0.25) is 5.91 Å². The van der Waals surface area contributed by atoms with Crippen LogP contribution in [-0.2, 0) is 30.9 Å². The number of rotatable bonds is 8. The molecule has 2 aliphatic rings. The number of nitrogens with one attached hydrogen (secondary N) is 1. The number of fused-ring (bicyclic) bond motifs is 1. The number of ether oxygens (including phenoxy) is 1. The van der Waals surface area contributed by atoms with Crippen LogP contribution in [0.2, 0.25) is 5.02 Å². The molecule has 0 radical (unpaired) electrons. The first-order valence-electron chi connectivity index (χ1n) is 13.3. The van der Waals surface area contributed by atoms with E-state index in [4.69, 9.17) is 16.3 Å². The maximum atomic E-state index is 13.2. The lowest BCUT2D eigenvalue weighted by Gasteiger charge is -2.33. The highest BCUT2D eigenvalue weighted by Gasteiger charge is 2.34. The molecule has 2 aromatic carbocycles. The number of hydrogen-bond donors (Lipinski definition) is 1. The SMILES string of the molecule is CCOC(=O)C1CCN(C=Nc2ccc(CN3CCN(S(=O)(=O)c4cc5cc(Cl)ccc5[nH]4)CC3=O)cc2)CC1. The van der Waals surface area contributed by atoms with E-state index >= 15 is 0 Å². The average Bonchev–Trinajstić information content (AvgIpc) is 3.38. The average molecular weight is 586 g/mol. The Kier molecular flexibility index (Phi) is 8.43. The molecule has 1 amide bonds. The van der Waals surface area contributed by atoms with Crippen LogP contribution in [0.15, 0.2) is 58.5 Å². The molecule has 212 valence electrons. The molecule has 0 saturated carbocycles. The van der Waals surface area contributed by atoms with Crippen LogP contribution in [0.4, 0.5) is 5.69 Å². The number of H-pyrrole nitrogens is 1. The molecule has 12 heteroatoms. The van der Waals surface area contributed by atoms with Crippen molar-refractivity contribution < 1.29 is 22.7 Å². The normalized spacial score (nSPS) is 17.7. The monoisotopic (exact) mass is 585 g/mol. The van der Waals surface area contributed by atoms with Gasteiger partial charge in [0.15, 0.2) is 0 Å². The van der Waals surface area contributed by atoms with Crippen molar-refractivity contribution in [2.24, 2.45) is 10.9 Å². The number of nitrogens with zero attached hydrogens (tertiary/aromatic N) is 4. The number of aromatic nitrogens is 1. The summed E-state index contributed by atoms with van der Waals surface area (Å²) in [5, 5.41) is 1.26. The Labute approximate surface area is 238 Å². The molecular weight excluding hydrogens is 554 g/mol. The topological polar surface area (TPSA) is 115 Å². The number of aromatic amines is 1. The minimum atomic E-state index is -3.85. The van der Waals surface area contributed by atoms with Gasteiger partial charge in [-0.05, 0) is 61.7 Å². The van der Waals surface area contributed by atoms with Crippen molar-refractivity contribution in [3.8, 4) is 0 Å². The van der Waals surface area contributed by atoms with E-state index in [2.05, 4.69) is 14.9 Å².